The number of benzene rings is 1. The normalized spacial score (nSPS) is 20.8. The van der Waals surface area contributed by atoms with Crippen molar-refractivity contribution in [3.05, 3.63) is 35.9 Å². The SMILES string of the molecule is OC[C@H](COCc1ccccc1)COC1CCCCO1. The maximum Gasteiger partial charge on any atom is 0.157 e. The Labute approximate surface area is 120 Å². The first-order valence-corrected chi connectivity index (χ1v) is 7.34. The summed E-state index contributed by atoms with van der Waals surface area (Å²) in [5.41, 5.74) is 1.14. The molecule has 0 radical (unpaired) electrons. The third kappa shape index (κ3) is 5.59. The van der Waals surface area contributed by atoms with E-state index >= 15 is 0 Å². The molecule has 20 heavy (non-hydrogen) atoms. The summed E-state index contributed by atoms with van der Waals surface area (Å²) in [6, 6.07) is 10.0. The molecule has 1 heterocycles. The van der Waals surface area contributed by atoms with E-state index in [1.54, 1.807) is 0 Å². The summed E-state index contributed by atoms with van der Waals surface area (Å²) in [6.07, 6.45) is 3.11. The second kappa shape index (κ2) is 9.08. The van der Waals surface area contributed by atoms with Gasteiger partial charge in [0, 0.05) is 12.5 Å². The standard InChI is InChI=1S/C16H24O4/c17-10-15(13-20-16-8-4-5-9-19-16)12-18-11-14-6-2-1-3-7-14/h1-3,6-7,15-17H,4-5,8-13H2/t15-,16?/m1/s1. The maximum atomic E-state index is 9.35. The van der Waals surface area contributed by atoms with Crippen LogP contribution in [0.25, 0.3) is 0 Å². The molecule has 1 aliphatic heterocycles. The second-order valence-corrected chi connectivity index (χ2v) is 5.18. The van der Waals surface area contributed by atoms with Crippen molar-refractivity contribution in [1.82, 2.24) is 0 Å². The average Bonchev–Trinajstić information content (AvgIpc) is 2.52. The highest BCUT2D eigenvalue weighted by Gasteiger charge is 2.16. The molecule has 0 aliphatic carbocycles. The zero-order valence-corrected chi connectivity index (χ0v) is 11.9. The van der Waals surface area contributed by atoms with Crippen molar-refractivity contribution in [1.29, 1.82) is 0 Å². The van der Waals surface area contributed by atoms with Gasteiger partial charge in [0.25, 0.3) is 0 Å². The highest BCUT2D eigenvalue weighted by Crippen LogP contribution is 2.15. The van der Waals surface area contributed by atoms with Crippen molar-refractivity contribution in [2.24, 2.45) is 5.92 Å². The third-order valence-electron chi connectivity index (χ3n) is 3.38. The van der Waals surface area contributed by atoms with Gasteiger partial charge >= 0.3 is 0 Å². The van der Waals surface area contributed by atoms with Gasteiger partial charge in [0.2, 0.25) is 0 Å². The molecule has 1 saturated heterocycles. The summed E-state index contributed by atoms with van der Waals surface area (Å²) < 4.78 is 16.8. The van der Waals surface area contributed by atoms with E-state index in [2.05, 4.69) is 0 Å². The smallest absolute Gasteiger partial charge is 0.157 e. The van der Waals surface area contributed by atoms with Gasteiger partial charge in [-0.3, -0.25) is 0 Å². The summed E-state index contributed by atoms with van der Waals surface area (Å²) in [5.74, 6) is 0.00392. The van der Waals surface area contributed by atoms with E-state index in [-0.39, 0.29) is 18.8 Å². The predicted octanol–water partition coefficient (Wildman–Crippen LogP) is 2.35. The van der Waals surface area contributed by atoms with Gasteiger partial charge in [0.1, 0.15) is 0 Å². The fraction of sp³-hybridized carbons (Fsp3) is 0.625. The van der Waals surface area contributed by atoms with E-state index in [1.807, 2.05) is 30.3 Å². The quantitative estimate of drug-likeness (QED) is 0.794. The molecule has 1 fully saturated rings. The van der Waals surface area contributed by atoms with Crippen LogP contribution in [0.1, 0.15) is 24.8 Å². The largest absolute Gasteiger partial charge is 0.396 e. The minimum atomic E-state index is -0.105. The fourth-order valence-corrected chi connectivity index (χ4v) is 2.16. The molecule has 1 N–H and O–H groups in total. The van der Waals surface area contributed by atoms with Crippen LogP contribution in [0.3, 0.4) is 0 Å². The van der Waals surface area contributed by atoms with Crippen LogP contribution in [-0.2, 0) is 20.8 Å². The van der Waals surface area contributed by atoms with Crippen molar-refractivity contribution in [3.8, 4) is 0 Å². The third-order valence-corrected chi connectivity index (χ3v) is 3.38. The molecule has 1 aromatic carbocycles. The van der Waals surface area contributed by atoms with Gasteiger partial charge in [-0.1, -0.05) is 30.3 Å². The molecule has 1 aromatic rings. The molecule has 0 spiro atoms. The summed E-state index contributed by atoms with van der Waals surface area (Å²) in [6.45, 7) is 2.39. The maximum absolute atomic E-state index is 9.35. The molecule has 1 unspecified atom stereocenters. The van der Waals surface area contributed by atoms with Gasteiger partial charge < -0.3 is 19.3 Å². The molecule has 1 aliphatic rings. The van der Waals surface area contributed by atoms with Crippen molar-refractivity contribution in [2.45, 2.75) is 32.2 Å². The monoisotopic (exact) mass is 280 g/mol. The molecule has 4 nitrogen and oxygen atoms in total. The van der Waals surface area contributed by atoms with Crippen molar-refractivity contribution < 1.29 is 19.3 Å². The van der Waals surface area contributed by atoms with Gasteiger partial charge in [0.05, 0.1) is 26.4 Å². The second-order valence-electron chi connectivity index (χ2n) is 5.18. The highest BCUT2D eigenvalue weighted by molar-refractivity contribution is 5.13. The lowest BCUT2D eigenvalue weighted by Crippen LogP contribution is -2.28. The Bertz CT molecular complexity index is 349. The van der Waals surface area contributed by atoms with Crippen LogP contribution in [0, 0.1) is 5.92 Å². The van der Waals surface area contributed by atoms with Crippen LogP contribution >= 0.6 is 0 Å². The topological polar surface area (TPSA) is 47.9 Å². The Kier molecular flexibility index (Phi) is 7.01. The Morgan fingerprint density at radius 1 is 1.20 bits per heavy atom. The van der Waals surface area contributed by atoms with E-state index in [0.29, 0.717) is 19.8 Å². The molecular formula is C16H24O4. The lowest BCUT2D eigenvalue weighted by atomic mass is 10.2. The van der Waals surface area contributed by atoms with Crippen LogP contribution in [0.5, 0.6) is 0 Å². The molecule has 0 aromatic heterocycles. The number of hydrogen-bond acceptors (Lipinski definition) is 4. The van der Waals surface area contributed by atoms with E-state index < -0.39 is 0 Å². The Morgan fingerprint density at radius 3 is 2.75 bits per heavy atom. The fourth-order valence-electron chi connectivity index (χ4n) is 2.16. The van der Waals surface area contributed by atoms with E-state index in [9.17, 15) is 5.11 Å². The van der Waals surface area contributed by atoms with Gasteiger partial charge in [-0.25, -0.2) is 0 Å². The van der Waals surface area contributed by atoms with Gasteiger partial charge in [0.15, 0.2) is 6.29 Å². The van der Waals surface area contributed by atoms with Gasteiger partial charge in [-0.05, 0) is 24.8 Å². The minimum absolute atomic E-state index is 0.00392. The first kappa shape index (κ1) is 15.4. The average molecular weight is 280 g/mol. The number of aliphatic hydroxyl groups is 1. The van der Waals surface area contributed by atoms with Gasteiger partial charge in [-0.2, -0.15) is 0 Å². The molecule has 0 amide bonds. The lowest BCUT2D eigenvalue weighted by molar-refractivity contribution is -0.174. The van der Waals surface area contributed by atoms with Crippen LogP contribution < -0.4 is 0 Å². The van der Waals surface area contributed by atoms with Crippen LogP contribution in [0.4, 0.5) is 0 Å². The van der Waals surface area contributed by atoms with Crippen molar-refractivity contribution in [2.75, 3.05) is 26.4 Å². The number of ether oxygens (including phenoxy) is 3. The number of rotatable bonds is 8. The Hall–Kier alpha value is -0.940. The summed E-state index contributed by atoms with van der Waals surface area (Å²) >= 11 is 0. The van der Waals surface area contributed by atoms with Crippen LogP contribution in [-0.4, -0.2) is 37.8 Å². The molecular weight excluding hydrogens is 256 g/mol. The molecule has 4 heteroatoms. The zero-order chi connectivity index (χ0) is 14.0. The van der Waals surface area contributed by atoms with Crippen molar-refractivity contribution in [3.63, 3.8) is 0 Å². The highest BCUT2D eigenvalue weighted by atomic mass is 16.7. The minimum Gasteiger partial charge on any atom is -0.396 e. The van der Waals surface area contributed by atoms with E-state index in [1.165, 1.54) is 0 Å². The number of aliphatic hydroxyl groups excluding tert-OH is 1. The number of hydrogen-bond donors (Lipinski definition) is 1. The summed E-state index contributed by atoms with van der Waals surface area (Å²) in [5, 5.41) is 9.35. The van der Waals surface area contributed by atoms with Crippen molar-refractivity contribution >= 4 is 0 Å². The van der Waals surface area contributed by atoms with Crippen LogP contribution in [0.2, 0.25) is 0 Å². The Morgan fingerprint density at radius 2 is 2.05 bits per heavy atom. The molecule has 0 saturated carbocycles. The van der Waals surface area contributed by atoms with E-state index in [4.69, 9.17) is 14.2 Å². The predicted molar refractivity (Wildman–Crippen MR) is 76.2 cm³/mol. The summed E-state index contributed by atoms with van der Waals surface area (Å²) in [4.78, 5) is 0. The molecule has 2 atom stereocenters. The zero-order valence-electron chi connectivity index (χ0n) is 11.9. The lowest BCUT2D eigenvalue weighted by Gasteiger charge is -2.24. The van der Waals surface area contributed by atoms with E-state index in [0.717, 1.165) is 31.4 Å². The van der Waals surface area contributed by atoms with Gasteiger partial charge in [-0.15, -0.1) is 0 Å². The summed E-state index contributed by atoms with van der Waals surface area (Å²) in [7, 11) is 0. The first-order valence-electron chi connectivity index (χ1n) is 7.34. The molecule has 0 bridgehead atoms. The van der Waals surface area contributed by atoms with Crippen LogP contribution in [0.15, 0.2) is 30.3 Å². The Balaban J connectivity index is 1.61. The molecule has 112 valence electrons. The molecule has 2 rings (SSSR count). The first-order chi connectivity index (χ1) is 9.88.